The molecule has 3 fully saturated rings. The van der Waals surface area contributed by atoms with Crippen molar-refractivity contribution in [3.05, 3.63) is 11.6 Å². The molecule has 4 unspecified atom stereocenters. The summed E-state index contributed by atoms with van der Waals surface area (Å²) in [4.78, 5) is 38.5. The molecule has 0 spiro atoms. The van der Waals surface area contributed by atoms with E-state index < -0.39 is 0 Å². The van der Waals surface area contributed by atoms with Crippen LogP contribution in [-0.2, 0) is 19.1 Å². The van der Waals surface area contributed by atoms with Gasteiger partial charge in [0.15, 0.2) is 5.78 Å². The van der Waals surface area contributed by atoms with Crippen LogP contribution in [0.2, 0.25) is 0 Å². The second kappa shape index (κ2) is 26.9. The molecule has 7 heteroatoms. The number of quaternary nitrogens is 1. The van der Waals surface area contributed by atoms with E-state index in [1.165, 1.54) is 173 Å². The Labute approximate surface area is 370 Å². The topological polar surface area (TPSA) is 72.5 Å². The molecule has 59 heavy (non-hydrogen) atoms. The first-order valence-corrected chi connectivity index (χ1v) is 25.5. The first-order chi connectivity index (χ1) is 28.0. The number of nitrogens with one attached hydrogen (secondary N) is 1. The Kier molecular flexibility index (Phi) is 23.7. The fraction of sp³-hybridized carbons (Fsp3) is 0.904. The third-order valence-corrected chi connectivity index (χ3v) is 16.6. The molecular weight excluding hydrogens is 752 g/mol. The van der Waals surface area contributed by atoms with Gasteiger partial charge in [0.05, 0.1) is 39.6 Å². The summed E-state index contributed by atoms with van der Waals surface area (Å²) < 4.78 is 7.18. The van der Waals surface area contributed by atoms with Gasteiger partial charge in [-0.05, 0) is 112 Å². The van der Waals surface area contributed by atoms with Crippen LogP contribution in [0.1, 0.15) is 227 Å². The van der Waals surface area contributed by atoms with Crippen LogP contribution in [0, 0.1) is 34.5 Å². The Morgan fingerprint density at radius 3 is 1.81 bits per heavy atom. The minimum absolute atomic E-state index is 0. The van der Waals surface area contributed by atoms with Crippen LogP contribution in [0.15, 0.2) is 11.6 Å². The predicted molar refractivity (Wildman–Crippen MR) is 242 cm³/mol. The minimum atomic E-state index is -0.224. The van der Waals surface area contributed by atoms with E-state index in [0.717, 1.165) is 30.3 Å². The molecular formula is C52H93ClN2O4. The van der Waals surface area contributed by atoms with Crippen molar-refractivity contribution < 1.29 is 36.0 Å². The number of likely N-dealkylation sites (N-methyl/N-ethyl adjacent to an activating group) is 1. The van der Waals surface area contributed by atoms with Crippen LogP contribution in [0.5, 0.6) is 0 Å². The number of carbonyl (C=O) groups excluding carboxylic acids is 3. The third-order valence-electron chi connectivity index (χ3n) is 16.6. The maximum atomic E-state index is 13.2. The smallest absolute Gasteiger partial charge is 0.306 e. The van der Waals surface area contributed by atoms with Gasteiger partial charge >= 0.3 is 5.97 Å². The summed E-state index contributed by atoms with van der Waals surface area (Å²) in [6, 6.07) is 0. The largest absolute Gasteiger partial charge is 1.00 e. The summed E-state index contributed by atoms with van der Waals surface area (Å²) in [5.74, 6) is 2.49. The summed E-state index contributed by atoms with van der Waals surface area (Å²) in [7, 11) is 2.41. The molecule has 0 radical (unpaired) electrons. The number of fused-ring (bicyclic) bond motifs is 5. The number of esters is 1. The van der Waals surface area contributed by atoms with Crippen molar-refractivity contribution in [3.63, 3.8) is 0 Å². The zero-order valence-corrected chi connectivity index (χ0v) is 40.2. The molecule has 0 aromatic carbocycles. The number of unbranched alkanes of at least 4 members (excludes halogenated alkanes) is 18. The van der Waals surface area contributed by atoms with Crippen molar-refractivity contribution >= 4 is 17.7 Å². The molecule has 0 saturated heterocycles. The van der Waals surface area contributed by atoms with Crippen LogP contribution in [0.25, 0.3) is 0 Å². The minimum Gasteiger partial charge on any atom is -1.00 e. The number of hydrogen-bond donors (Lipinski definition) is 1. The summed E-state index contributed by atoms with van der Waals surface area (Å²) >= 11 is 0. The number of rotatable bonds is 30. The van der Waals surface area contributed by atoms with Gasteiger partial charge in [-0.25, -0.2) is 0 Å². The van der Waals surface area contributed by atoms with Crippen LogP contribution in [0.3, 0.4) is 0 Å². The second-order valence-electron chi connectivity index (χ2n) is 20.9. The second-order valence-corrected chi connectivity index (χ2v) is 20.9. The monoisotopic (exact) mass is 845 g/mol. The molecule has 3 saturated carbocycles. The Bertz CT molecular complexity index is 1240. The van der Waals surface area contributed by atoms with Gasteiger partial charge < -0.3 is 26.9 Å². The Morgan fingerprint density at radius 1 is 0.712 bits per heavy atom. The number of amides is 1. The number of allylic oxidation sites excluding steroid dienone is 1. The van der Waals surface area contributed by atoms with E-state index in [0.29, 0.717) is 42.4 Å². The van der Waals surface area contributed by atoms with E-state index in [4.69, 9.17) is 4.74 Å². The van der Waals surface area contributed by atoms with E-state index in [-0.39, 0.29) is 54.1 Å². The number of ketones is 1. The first-order valence-electron chi connectivity index (χ1n) is 25.5. The van der Waals surface area contributed by atoms with Crippen molar-refractivity contribution in [1.82, 2.24) is 5.32 Å². The lowest BCUT2D eigenvalue weighted by Gasteiger charge is -2.58. The maximum Gasteiger partial charge on any atom is 0.306 e. The molecule has 0 aromatic rings. The molecule has 4 rings (SSSR count). The number of hydrogen-bond acceptors (Lipinski definition) is 4. The van der Waals surface area contributed by atoms with Gasteiger partial charge in [-0.1, -0.05) is 136 Å². The molecule has 0 aromatic heterocycles. The van der Waals surface area contributed by atoms with E-state index in [1.54, 1.807) is 0 Å². The first kappa shape index (κ1) is 51.9. The Balaban J connectivity index is 0.00000930. The highest BCUT2D eigenvalue weighted by molar-refractivity contribution is 5.91. The number of ether oxygens (including phenoxy) is 1. The van der Waals surface area contributed by atoms with Gasteiger partial charge in [0.25, 0.3) is 0 Å². The molecule has 0 aliphatic heterocycles. The van der Waals surface area contributed by atoms with Crippen LogP contribution < -0.4 is 17.7 Å². The lowest BCUT2D eigenvalue weighted by Crippen LogP contribution is -3.00. The van der Waals surface area contributed by atoms with Crippen molar-refractivity contribution in [2.24, 2.45) is 34.5 Å². The lowest BCUT2D eigenvalue weighted by molar-refractivity contribution is -0.908. The molecule has 1 amide bonds. The summed E-state index contributed by atoms with van der Waals surface area (Å²) in [6.07, 6.45) is 38.2. The van der Waals surface area contributed by atoms with Gasteiger partial charge in [-0.2, -0.15) is 0 Å². The van der Waals surface area contributed by atoms with Gasteiger partial charge in [-0.3, -0.25) is 14.4 Å². The Hall–Kier alpha value is -1.40. The Morgan fingerprint density at radius 2 is 1.25 bits per heavy atom. The molecule has 342 valence electrons. The summed E-state index contributed by atoms with van der Waals surface area (Å²) in [6.45, 7) is 15.6. The summed E-state index contributed by atoms with van der Waals surface area (Å²) in [5.41, 5.74) is 1.80. The zero-order chi connectivity index (χ0) is 41.9. The molecule has 1 N–H and O–H groups in total. The molecule has 4 aliphatic carbocycles. The van der Waals surface area contributed by atoms with E-state index in [1.807, 2.05) is 6.08 Å². The fourth-order valence-electron chi connectivity index (χ4n) is 12.8. The van der Waals surface area contributed by atoms with Crippen LogP contribution in [-0.4, -0.2) is 61.5 Å². The maximum absolute atomic E-state index is 13.2. The van der Waals surface area contributed by atoms with E-state index in [9.17, 15) is 14.4 Å². The van der Waals surface area contributed by atoms with Crippen LogP contribution in [0.4, 0.5) is 0 Å². The highest BCUT2D eigenvalue weighted by Gasteiger charge is 2.60. The number of carbonyl (C=O) groups is 3. The third kappa shape index (κ3) is 16.0. The van der Waals surface area contributed by atoms with Crippen molar-refractivity contribution in [2.75, 3.05) is 33.2 Å². The van der Waals surface area contributed by atoms with Crippen molar-refractivity contribution in [2.45, 2.75) is 233 Å². The highest BCUT2D eigenvalue weighted by Crippen LogP contribution is 2.67. The standard InChI is InChI=1S/C52H92N2O4.ClH/c1-7-9-11-13-15-17-19-21-23-25-38-54(6,39-26-24-22-20-18-16-14-12-10-8-2)40-37-53-49(56)31-32-50(57)58-42(3)46-29-30-47-45-28-27-43-41-44(55)33-35-51(43,4)48(45)34-36-52(46,47)5;/h41-42,45-48H,7-40H2,1-6H3;1H/t42?,45?,46-,47?,48?,51+,52-;/m1./s1. The van der Waals surface area contributed by atoms with Gasteiger partial charge in [0, 0.05) is 18.8 Å². The average Bonchev–Trinajstić information content (AvgIpc) is 3.56. The van der Waals surface area contributed by atoms with Crippen molar-refractivity contribution in [1.29, 1.82) is 0 Å². The number of nitrogens with zero attached hydrogens (tertiary/aromatic N) is 1. The molecule has 0 heterocycles. The van der Waals surface area contributed by atoms with Crippen LogP contribution >= 0.6 is 0 Å². The lowest BCUT2D eigenvalue weighted by atomic mass is 9.46. The molecule has 0 bridgehead atoms. The highest BCUT2D eigenvalue weighted by atomic mass is 35.5. The van der Waals surface area contributed by atoms with Gasteiger partial charge in [0.1, 0.15) is 6.10 Å². The normalized spacial score (nSPS) is 26.9. The van der Waals surface area contributed by atoms with E-state index >= 15 is 0 Å². The fourth-order valence-corrected chi connectivity index (χ4v) is 12.8. The zero-order valence-electron chi connectivity index (χ0n) is 39.5. The molecule has 7 atom stereocenters. The number of halogens is 1. The molecule has 4 aliphatic rings. The predicted octanol–water partition coefficient (Wildman–Crippen LogP) is 10.3. The molecule has 6 nitrogen and oxygen atoms in total. The summed E-state index contributed by atoms with van der Waals surface area (Å²) in [5, 5.41) is 3.19. The quantitative estimate of drug-likeness (QED) is 0.0444. The SMILES string of the molecule is CCCCCCCCCCCC[N+](C)(CCCCCCCCCCCC)CCNC(=O)CCC(=O)OC(C)[C@H]1CCC2C3CCC4=CC(=O)CC[C@]4(C)C3CC[C@@]21C.[Cl-]. The average molecular weight is 846 g/mol. The van der Waals surface area contributed by atoms with E-state index in [2.05, 4.69) is 47.0 Å². The van der Waals surface area contributed by atoms with Gasteiger partial charge in [-0.15, -0.1) is 0 Å². The van der Waals surface area contributed by atoms with Crippen molar-refractivity contribution in [3.8, 4) is 0 Å². The van der Waals surface area contributed by atoms with Gasteiger partial charge in [0.2, 0.25) is 5.91 Å².